The molecule has 0 saturated heterocycles. The van der Waals surface area contributed by atoms with Crippen LogP contribution in [-0.2, 0) is 9.59 Å². The van der Waals surface area contributed by atoms with Gasteiger partial charge in [0.25, 0.3) is 0 Å². The first-order valence-electron chi connectivity index (χ1n) is 7.50. The first kappa shape index (κ1) is 18.1. The van der Waals surface area contributed by atoms with Gasteiger partial charge in [0.15, 0.2) is 0 Å². The summed E-state index contributed by atoms with van der Waals surface area (Å²) < 4.78 is 0. The number of ketones is 2. The van der Waals surface area contributed by atoms with Gasteiger partial charge in [-0.1, -0.05) is 60.6 Å². The summed E-state index contributed by atoms with van der Waals surface area (Å²) >= 11 is 0. The van der Waals surface area contributed by atoms with Crippen molar-refractivity contribution in [2.75, 3.05) is 0 Å². The van der Waals surface area contributed by atoms with Crippen LogP contribution in [0.4, 0.5) is 0 Å². The second-order valence-electron chi connectivity index (χ2n) is 6.31. The van der Waals surface area contributed by atoms with Gasteiger partial charge in [0.1, 0.15) is 11.6 Å². The lowest BCUT2D eigenvalue weighted by Crippen LogP contribution is -2.38. The van der Waals surface area contributed by atoms with Gasteiger partial charge >= 0.3 is 0 Å². The number of carbonyl (C=O) groups excluding carboxylic acids is 2. The summed E-state index contributed by atoms with van der Waals surface area (Å²) in [5.74, 6) is 0.122. The van der Waals surface area contributed by atoms with Crippen molar-refractivity contribution in [1.82, 2.24) is 0 Å². The van der Waals surface area contributed by atoms with Crippen molar-refractivity contribution in [2.24, 2.45) is 23.2 Å². The van der Waals surface area contributed by atoms with Crippen molar-refractivity contribution >= 4 is 11.6 Å². The Balaban J connectivity index is 0.00000154. The molecule has 2 atom stereocenters. The number of allylic oxidation sites excluding steroid dienone is 2. The van der Waals surface area contributed by atoms with Crippen molar-refractivity contribution < 1.29 is 9.59 Å². The van der Waals surface area contributed by atoms with Gasteiger partial charge in [-0.15, -0.1) is 0 Å². The Morgan fingerprint density at radius 1 is 1.16 bits per heavy atom. The zero-order valence-corrected chi connectivity index (χ0v) is 13.6. The highest BCUT2D eigenvalue weighted by Gasteiger charge is 2.38. The molecule has 0 aromatic carbocycles. The highest BCUT2D eigenvalue weighted by molar-refractivity contribution is 5.94. The van der Waals surface area contributed by atoms with E-state index >= 15 is 0 Å². The summed E-state index contributed by atoms with van der Waals surface area (Å²) in [6.07, 6.45) is 5.72. The standard InChI is InChI=1S/C15H24O2.C2H6/c1-10(2)13(16)11-8-6-7-9-12(11)14(17)15(3,4)5;1-2/h7,9-12H,6,8H2,1-5H3;1-2H3. The third-order valence-corrected chi connectivity index (χ3v) is 3.40. The molecule has 0 spiro atoms. The van der Waals surface area contributed by atoms with Gasteiger partial charge in [0.2, 0.25) is 0 Å². The van der Waals surface area contributed by atoms with Crippen LogP contribution >= 0.6 is 0 Å². The maximum atomic E-state index is 12.4. The van der Waals surface area contributed by atoms with Crippen molar-refractivity contribution in [3.63, 3.8) is 0 Å². The molecule has 0 heterocycles. The minimum absolute atomic E-state index is 0.0155. The van der Waals surface area contributed by atoms with E-state index in [1.807, 2.05) is 60.6 Å². The fraction of sp³-hybridized carbons (Fsp3) is 0.765. The smallest absolute Gasteiger partial charge is 0.145 e. The molecule has 110 valence electrons. The molecule has 0 bridgehead atoms. The predicted octanol–water partition coefficient (Wildman–Crippen LogP) is 4.44. The molecule has 0 amide bonds. The maximum Gasteiger partial charge on any atom is 0.145 e. The van der Waals surface area contributed by atoms with Gasteiger partial charge in [-0.3, -0.25) is 9.59 Å². The monoisotopic (exact) mass is 266 g/mol. The van der Waals surface area contributed by atoms with Crippen LogP contribution in [0.2, 0.25) is 0 Å². The predicted molar refractivity (Wildman–Crippen MR) is 81.0 cm³/mol. The molecule has 1 rings (SSSR count). The van der Waals surface area contributed by atoms with Crippen LogP contribution in [0.3, 0.4) is 0 Å². The second-order valence-corrected chi connectivity index (χ2v) is 6.31. The zero-order valence-electron chi connectivity index (χ0n) is 13.6. The molecular formula is C17H30O2. The Bertz CT molecular complexity index is 332. The van der Waals surface area contributed by atoms with Gasteiger partial charge in [-0.2, -0.15) is 0 Å². The van der Waals surface area contributed by atoms with Gasteiger partial charge in [-0.25, -0.2) is 0 Å². The summed E-state index contributed by atoms with van der Waals surface area (Å²) in [4.78, 5) is 24.5. The van der Waals surface area contributed by atoms with Gasteiger partial charge in [0.05, 0.1) is 0 Å². The molecule has 0 N–H and O–H groups in total. The minimum Gasteiger partial charge on any atom is -0.299 e. The van der Waals surface area contributed by atoms with E-state index in [1.54, 1.807) is 0 Å². The average molecular weight is 266 g/mol. The first-order chi connectivity index (χ1) is 8.75. The van der Waals surface area contributed by atoms with E-state index in [1.165, 1.54) is 0 Å². The van der Waals surface area contributed by atoms with Crippen LogP contribution in [0, 0.1) is 23.2 Å². The van der Waals surface area contributed by atoms with Crippen molar-refractivity contribution in [1.29, 1.82) is 0 Å². The van der Waals surface area contributed by atoms with Crippen LogP contribution in [0.1, 0.15) is 61.3 Å². The largest absolute Gasteiger partial charge is 0.299 e. The topological polar surface area (TPSA) is 34.1 Å². The van der Waals surface area contributed by atoms with Crippen LogP contribution in [0.15, 0.2) is 12.2 Å². The van der Waals surface area contributed by atoms with Gasteiger partial charge < -0.3 is 0 Å². The first-order valence-corrected chi connectivity index (χ1v) is 7.50. The van der Waals surface area contributed by atoms with E-state index in [0.717, 1.165) is 12.8 Å². The summed E-state index contributed by atoms with van der Waals surface area (Å²) in [5.41, 5.74) is -0.373. The number of hydrogen-bond acceptors (Lipinski definition) is 2. The van der Waals surface area contributed by atoms with Gasteiger partial charge in [-0.05, 0) is 12.8 Å². The highest BCUT2D eigenvalue weighted by Crippen LogP contribution is 2.33. The molecule has 0 radical (unpaired) electrons. The molecule has 0 aromatic heterocycles. The number of carbonyl (C=O) groups is 2. The number of hydrogen-bond donors (Lipinski definition) is 0. The van der Waals surface area contributed by atoms with Crippen molar-refractivity contribution in [3.8, 4) is 0 Å². The Morgan fingerprint density at radius 2 is 1.68 bits per heavy atom. The van der Waals surface area contributed by atoms with Crippen molar-refractivity contribution in [3.05, 3.63) is 12.2 Å². The molecule has 0 aromatic rings. The summed E-state index contributed by atoms with van der Waals surface area (Å²) in [6.45, 7) is 13.6. The maximum absolute atomic E-state index is 12.4. The average Bonchev–Trinajstić information content (AvgIpc) is 2.38. The Hall–Kier alpha value is -0.920. The molecule has 1 aliphatic carbocycles. The molecule has 0 fully saturated rings. The summed E-state index contributed by atoms with van der Waals surface area (Å²) in [6, 6.07) is 0. The summed E-state index contributed by atoms with van der Waals surface area (Å²) in [7, 11) is 0. The van der Waals surface area contributed by atoms with E-state index < -0.39 is 0 Å². The van der Waals surface area contributed by atoms with Crippen LogP contribution in [-0.4, -0.2) is 11.6 Å². The van der Waals surface area contributed by atoms with E-state index in [-0.39, 0.29) is 34.7 Å². The van der Waals surface area contributed by atoms with E-state index in [4.69, 9.17) is 0 Å². The Kier molecular flexibility index (Phi) is 7.25. The van der Waals surface area contributed by atoms with Crippen LogP contribution in [0.25, 0.3) is 0 Å². The lowest BCUT2D eigenvalue weighted by atomic mass is 9.70. The molecule has 2 heteroatoms. The molecule has 1 aliphatic rings. The Morgan fingerprint density at radius 3 is 2.11 bits per heavy atom. The fourth-order valence-electron chi connectivity index (χ4n) is 2.35. The van der Waals surface area contributed by atoms with Crippen LogP contribution in [0.5, 0.6) is 0 Å². The van der Waals surface area contributed by atoms with Crippen molar-refractivity contribution in [2.45, 2.75) is 61.3 Å². The lowest BCUT2D eigenvalue weighted by molar-refractivity contribution is -0.137. The lowest BCUT2D eigenvalue weighted by Gasteiger charge is -2.31. The summed E-state index contributed by atoms with van der Waals surface area (Å²) in [5, 5.41) is 0. The molecular weight excluding hydrogens is 236 g/mol. The van der Waals surface area contributed by atoms with E-state index in [2.05, 4.69) is 0 Å². The SMILES string of the molecule is CC.CC(C)C(=O)C1CCC=CC1C(=O)C(C)(C)C. The molecule has 0 saturated carbocycles. The normalized spacial score (nSPS) is 22.7. The van der Waals surface area contributed by atoms with E-state index in [9.17, 15) is 9.59 Å². The molecule has 2 nitrogen and oxygen atoms in total. The van der Waals surface area contributed by atoms with Crippen LogP contribution < -0.4 is 0 Å². The quantitative estimate of drug-likeness (QED) is 0.708. The zero-order chi connectivity index (χ0) is 15.2. The van der Waals surface area contributed by atoms with E-state index in [0.29, 0.717) is 0 Å². The minimum atomic E-state index is -0.373. The molecule has 0 aliphatic heterocycles. The molecule has 2 unspecified atom stereocenters. The second kappa shape index (κ2) is 7.62. The van der Waals surface area contributed by atoms with Gasteiger partial charge in [0, 0.05) is 23.2 Å². The Labute approximate surface area is 118 Å². The number of rotatable bonds is 3. The molecule has 19 heavy (non-hydrogen) atoms. The number of Topliss-reactive ketones (excluding diaryl/α,β-unsaturated/α-hetero) is 2. The highest BCUT2D eigenvalue weighted by atomic mass is 16.1. The third-order valence-electron chi connectivity index (χ3n) is 3.40. The fourth-order valence-corrected chi connectivity index (χ4v) is 2.35. The third kappa shape index (κ3) is 4.93.